The third-order valence-corrected chi connectivity index (χ3v) is 3.89. The molecule has 0 bridgehead atoms. The highest BCUT2D eigenvalue weighted by Gasteiger charge is 2.28. The lowest BCUT2D eigenvalue weighted by molar-refractivity contribution is -0.117. The Morgan fingerprint density at radius 2 is 1.93 bits per heavy atom. The van der Waals surface area contributed by atoms with Crippen LogP contribution in [-0.4, -0.2) is 28.7 Å². The molecule has 1 heterocycles. The molecule has 27 heavy (non-hydrogen) atoms. The number of hydrogen-bond acceptors (Lipinski definition) is 5. The number of carbonyl (C=O) groups is 3. The quantitative estimate of drug-likeness (QED) is 0.537. The van der Waals surface area contributed by atoms with Crippen LogP contribution in [0.5, 0.6) is 0 Å². The molecule has 2 aromatic rings. The van der Waals surface area contributed by atoms with E-state index in [1.807, 2.05) is 0 Å². The molecule has 3 amide bonds. The smallest absolute Gasteiger partial charge is 0.319 e. The second-order valence-electron chi connectivity index (χ2n) is 6.08. The number of hydrogen-bond donors (Lipinski definition) is 3. The number of carbonyl (C=O) groups excluding carboxylic acids is 3. The van der Waals surface area contributed by atoms with Gasteiger partial charge in [0, 0.05) is 23.5 Å². The third-order valence-electron chi connectivity index (χ3n) is 3.89. The van der Waals surface area contributed by atoms with Crippen LogP contribution in [0.4, 0.5) is 16.3 Å². The number of urea groups is 1. The van der Waals surface area contributed by atoms with Crippen LogP contribution in [0.15, 0.2) is 48.7 Å². The zero-order valence-electron chi connectivity index (χ0n) is 14.3. The van der Waals surface area contributed by atoms with Crippen LogP contribution < -0.4 is 16.0 Å². The molecule has 0 saturated heterocycles. The van der Waals surface area contributed by atoms with E-state index in [4.69, 9.17) is 0 Å². The zero-order valence-corrected chi connectivity index (χ0v) is 14.3. The summed E-state index contributed by atoms with van der Waals surface area (Å²) in [6.07, 6.45) is 3.41. The lowest BCUT2D eigenvalue weighted by Gasteiger charge is -2.11. The Morgan fingerprint density at radius 3 is 2.59 bits per heavy atom. The van der Waals surface area contributed by atoms with Crippen molar-refractivity contribution in [2.75, 3.05) is 10.6 Å². The maximum Gasteiger partial charge on any atom is 0.319 e. The first kappa shape index (κ1) is 18.1. The van der Waals surface area contributed by atoms with Crippen molar-refractivity contribution in [1.29, 1.82) is 5.26 Å². The first-order valence-corrected chi connectivity index (χ1v) is 8.40. The number of ketones is 1. The van der Waals surface area contributed by atoms with Gasteiger partial charge in [0.2, 0.25) is 0 Å². The molecule has 136 valence electrons. The molecule has 1 unspecified atom stereocenters. The van der Waals surface area contributed by atoms with Gasteiger partial charge in [0.1, 0.15) is 5.82 Å². The fourth-order valence-electron chi connectivity index (χ4n) is 2.37. The standard InChI is InChI=1S/C19H17N5O3/c20-11-15(18(26)24-16-6-1-2-9-21-16)17(25)12-4-3-5-14(10-12)23-19(27)22-13-7-8-13/h1-6,9-10,13,15H,7-8H2,(H,21,24,26)(H2,22,23,27). The maximum atomic E-state index is 12.6. The molecule has 1 aromatic carbocycles. The van der Waals surface area contributed by atoms with E-state index in [1.165, 1.54) is 18.3 Å². The summed E-state index contributed by atoms with van der Waals surface area (Å²) in [7, 11) is 0. The monoisotopic (exact) mass is 363 g/mol. The minimum Gasteiger partial charge on any atom is -0.335 e. The Morgan fingerprint density at radius 1 is 1.11 bits per heavy atom. The van der Waals surface area contributed by atoms with Crippen LogP contribution >= 0.6 is 0 Å². The summed E-state index contributed by atoms with van der Waals surface area (Å²) in [5, 5.41) is 17.2. The van der Waals surface area contributed by atoms with Gasteiger partial charge in [0.05, 0.1) is 6.07 Å². The van der Waals surface area contributed by atoms with E-state index in [2.05, 4.69) is 20.9 Å². The molecule has 0 spiro atoms. The Bertz CT molecular complexity index is 903. The number of rotatable bonds is 6. The van der Waals surface area contributed by atoms with Crippen molar-refractivity contribution in [2.45, 2.75) is 18.9 Å². The van der Waals surface area contributed by atoms with E-state index < -0.39 is 17.6 Å². The average molecular weight is 363 g/mol. The third kappa shape index (κ3) is 4.89. The summed E-state index contributed by atoms with van der Waals surface area (Å²) in [6, 6.07) is 12.6. The minimum atomic E-state index is -1.53. The van der Waals surface area contributed by atoms with Crippen molar-refractivity contribution in [3.05, 3.63) is 54.2 Å². The van der Waals surface area contributed by atoms with Crippen molar-refractivity contribution in [3.8, 4) is 6.07 Å². The van der Waals surface area contributed by atoms with Gasteiger partial charge in [-0.2, -0.15) is 5.26 Å². The molecule has 3 N–H and O–H groups in total. The molecule has 0 aliphatic heterocycles. The summed E-state index contributed by atoms with van der Waals surface area (Å²) >= 11 is 0. The number of amides is 3. The normalized spacial score (nSPS) is 13.7. The number of nitrogens with zero attached hydrogens (tertiary/aromatic N) is 2. The Balaban J connectivity index is 1.69. The molecular formula is C19H17N5O3. The van der Waals surface area contributed by atoms with Gasteiger partial charge in [-0.25, -0.2) is 9.78 Å². The number of benzene rings is 1. The molecule has 8 heteroatoms. The van der Waals surface area contributed by atoms with Gasteiger partial charge in [-0.3, -0.25) is 9.59 Å². The molecule has 1 atom stereocenters. The van der Waals surface area contributed by atoms with Crippen molar-refractivity contribution < 1.29 is 14.4 Å². The van der Waals surface area contributed by atoms with Gasteiger partial charge >= 0.3 is 6.03 Å². The van der Waals surface area contributed by atoms with E-state index in [1.54, 1.807) is 36.4 Å². The number of nitriles is 1. The first-order valence-electron chi connectivity index (χ1n) is 8.40. The highest BCUT2D eigenvalue weighted by atomic mass is 16.2. The molecule has 1 aliphatic rings. The number of nitrogens with one attached hydrogen (secondary N) is 3. The van der Waals surface area contributed by atoms with Crippen molar-refractivity contribution in [1.82, 2.24) is 10.3 Å². The summed E-state index contributed by atoms with van der Waals surface area (Å²) in [5.41, 5.74) is 0.558. The number of anilines is 2. The fourth-order valence-corrected chi connectivity index (χ4v) is 2.37. The van der Waals surface area contributed by atoms with Gasteiger partial charge in [-0.15, -0.1) is 0 Å². The second kappa shape index (κ2) is 8.10. The van der Waals surface area contributed by atoms with E-state index in [9.17, 15) is 19.6 Å². The first-order chi connectivity index (χ1) is 13.1. The molecular weight excluding hydrogens is 346 g/mol. The average Bonchev–Trinajstić information content (AvgIpc) is 3.47. The summed E-state index contributed by atoms with van der Waals surface area (Å²) < 4.78 is 0. The highest BCUT2D eigenvalue weighted by molar-refractivity contribution is 6.15. The molecule has 1 aromatic heterocycles. The maximum absolute atomic E-state index is 12.6. The molecule has 1 fully saturated rings. The molecule has 3 rings (SSSR count). The number of aromatic nitrogens is 1. The molecule has 0 radical (unpaired) electrons. The van der Waals surface area contributed by atoms with Gasteiger partial charge in [0.25, 0.3) is 5.91 Å². The van der Waals surface area contributed by atoms with Crippen LogP contribution in [-0.2, 0) is 4.79 Å². The van der Waals surface area contributed by atoms with Gasteiger partial charge in [-0.1, -0.05) is 18.2 Å². The molecule has 1 saturated carbocycles. The summed E-state index contributed by atoms with van der Waals surface area (Å²) in [5.74, 6) is -2.69. The zero-order chi connectivity index (χ0) is 19.2. The van der Waals surface area contributed by atoms with E-state index >= 15 is 0 Å². The molecule has 8 nitrogen and oxygen atoms in total. The topological polar surface area (TPSA) is 124 Å². The van der Waals surface area contributed by atoms with Crippen LogP contribution in [0.2, 0.25) is 0 Å². The fraction of sp³-hybridized carbons (Fsp3) is 0.211. The largest absolute Gasteiger partial charge is 0.335 e. The SMILES string of the molecule is N#CC(C(=O)Nc1ccccn1)C(=O)c1cccc(NC(=O)NC2CC2)c1. The van der Waals surface area contributed by atoms with Crippen molar-refractivity contribution in [2.24, 2.45) is 5.92 Å². The minimum absolute atomic E-state index is 0.155. The number of pyridine rings is 1. The Kier molecular flexibility index (Phi) is 5.42. The van der Waals surface area contributed by atoms with Crippen LogP contribution in [0, 0.1) is 17.2 Å². The van der Waals surface area contributed by atoms with E-state index in [0.717, 1.165) is 12.8 Å². The predicted molar refractivity (Wildman–Crippen MR) is 97.9 cm³/mol. The lowest BCUT2D eigenvalue weighted by atomic mass is 9.97. The Labute approximate surface area is 155 Å². The van der Waals surface area contributed by atoms with Gasteiger partial charge < -0.3 is 16.0 Å². The predicted octanol–water partition coefficient (Wildman–Crippen LogP) is 2.33. The van der Waals surface area contributed by atoms with Crippen molar-refractivity contribution in [3.63, 3.8) is 0 Å². The van der Waals surface area contributed by atoms with E-state index in [0.29, 0.717) is 5.69 Å². The van der Waals surface area contributed by atoms with E-state index in [-0.39, 0.29) is 23.5 Å². The second-order valence-corrected chi connectivity index (χ2v) is 6.08. The lowest BCUT2D eigenvalue weighted by Crippen LogP contribution is -2.31. The molecule has 1 aliphatic carbocycles. The van der Waals surface area contributed by atoms with Crippen LogP contribution in [0.1, 0.15) is 23.2 Å². The van der Waals surface area contributed by atoms with Crippen LogP contribution in [0.3, 0.4) is 0 Å². The summed E-state index contributed by atoms with van der Waals surface area (Å²) in [6.45, 7) is 0. The summed E-state index contributed by atoms with van der Waals surface area (Å²) in [4.78, 5) is 40.6. The Hall–Kier alpha value is -3.73. The number of Topliss-reactive ketones (excluding diaryl/α,β-unsaturated/α-hetero) is 1. The van der Waals surface area contributed by atoms with Gasteiger partial charge in [0.15, 0.2) is 11.7 Å². The van der Waals surface area contributed by atoms with Crippen molar-refractivity contribution >= 4 is 29.2 Å². The van der Waals surface area contributed by atoms with Gasteiger partial charge in [-0.05, 0) is 37.1 Å². The highest BCUT2D eigenvalue weighted by Crippen LogP contribution is 2.19. The van der Waals surface area contributed by atoms with Crippen LogP contribution in [0.25, 0.3) is 0 Å².